The fourth-order valence-electron chi connectivity index (χ4n) is 2.62. The van der Waals surface area contributed by atoms with Gasteiger partial charge in [-0.2, -0.15) is 0 Å². The first-order valence-electron chi connectivity index (χ1n) is 7.81. The van der Waals surface area contributed by atoms with E-state index in [1.54, 1.807) is 0 Å². The molecule has 2 rings (SSSR count). The van der Waals surface area contributed by atoms with Crippen molar-refractivity contribution in [2.24, 2.45) is 0 Å². The minimum Gasteiger partial charge on any atom is -0.350 e. The second-order valence-corrected chi connectivity index (χ2v) is 6.25. The first-order valence-corrected chi connectivity index (χ1v) is 7.81. The Labute approximate surface area is 138 Å². The van der Waals surface area contributed by atoms with Gasteiger partial charge in [0.25, 0.3) is 0 Å². The highest BCUT2D eigenvalue weighted by atomic mass is 16.2. The van der Waals surface area contributed by atoms with Crippen molar-refractivity contribution in [2.45, 2.75) is 33.4 Å². The van der Waals surface area contributed by atoms with Crippen LogP contribution in [0.25, 0.3) is 0 Å². The van der Waals surface area contributed by atoms with Crippen molar-refractivity contribution in [3.05, 3.63) is 64.5 Å². The fraction of sp³-hybridized carbons (Fsp3) is 0.368. The van der Waals surface area contributed by atoms with E-state index in [0.717, 1.165) is 22.4 Å². The molecule has 1 N–H and O–H groups in total. The molecule has 1 atom stereocenters. The number of aromatic nitrogens is 1. The van der Waals surface area contributed by atoms with Crippen molar-refractivity contribution < 1.29 is 4.79 Å². The summed E-state index contributed by atoms with van der Waals surface area (Å²) < 4.78 is 0. The Hall–Kier alpha value is -2.20. The lowest BCUT2D eigenvalue weighted by Gasteiger charge is -2.24. The number of hydrogen-bond donors (Lipinski definition) is 1. The van der Waals surface area contributed by atoms with Crippen LogP contribution in [0, 0.1) is 20.8 Å². The van der Waals surface area contributed by atoms with Gasteiger partial charge in [0, 0.05) is 18.4 Å². The molecular weight excluding hydrogens is 286 g/mol. The van der Waals surface area contributed by atoms with Crippen LogP contribution in [0.3, 0.4) is 0 Å². The van der Waals surface area contributed by atoms with Crippen molar-refractivity contribution in [3.63, 3.8) is 0 Å². The van der Waals surface area contributed by atoms with Gasteiger partial charge in [-0.05, 0) is 57.6 Å². The van der Waals surface area contributed by atoms with E-state index in [9.17, 15) is 4.79 Å². The van der Waals surface area contributed by atoms with Gasteiger partial charge >= 0.3 is 0 Å². The molecule has 0 aliphatic rings. The average Bonchev–Trinajstić information content (AvgIpc) is 2.48. The second-order valence-electron chi connectivity index (χ2n) is 6.25. The highest BCUT2D eigenvalue weighted by molar-refractivity contribution is 5.83. The topological polar surface area (TPSA) is 45.2 Å². The quantitative estimate of drug-likeness (QED) is 0.923. The van der Waals surface area contributed by atoms with E-state index in [1.807, 2.05) is 76.3 Å². The van der Waals surface area contributed by atoms with Crippen molar-refractivity contribution >= 4 is 5.91 Å². The van der Waals surface area contributed by atoms with Gasteiger partial charge in [0.2, 0.25) is 5.91 Å². The Kier molecular flexibility index (Phi) is 5.50. The molecule has 0 saturated heterocycles. The molecule has 0 aliphatic carbocycles. The molecule has 1 amide bonds. The molecule has 1 aromatic carbocycles. The van der Waals surface area contributed by atoms with Gasteiger partial charge in [-0.1, -0.05) is 29.8 Å². The summed E-state index contributed by atoms with van der Waals surface area (Å²) in [6, 6.07) is 9.83. The number of hydrogen-bond acceptors (Lipinski definition) is 3. The first-order chi connectivity index (χ1) is 10.9. The maximum Gasteiger partial charge on any atom is 0.242 e. The average molecular weight is 311 g/mol. The lowest BCUT2D eigenvalue weighted by molar-refractivity contribution is -0.125. The van der Waals surface area contributed by atoms with Gasteiger partial charge in [0.15, 0.2) is 0 Å². The number of amides is 1. The molecule has 0 radical (unpaired) electrons. The molecular formula is C19H25N3O. The Morgan fingerprint density at radius 2 is 1.83 bits per heavy atom. The number of nitrogens with one attached hydrogen (secondary N) is 1. The molecule has 2 aromatic rings. The highest BCUT2D eigenvalue weighted by Crippen LogP contribution is 2.19. The molecule has 0 fully saturated rings. The van der Waals surface area contributed by atoms with E-state index in [-0.39, 0.29) is 11.9 Å². The molecule has 0 bridgehead atoms. The number of rotatable bonds is 5. The predicted molar refractivity (Wildman–Crippen MR) is 93.2 cm³/mol. The summed E-state index contributed by atoms with van der Waals surface area (Å²) in [6.45, 7) is 6.55. The van der Waals surface area contributed by atoms with Crippen molar-refractivity contribution in [1.82, 2.24) is 15.2 Å². The number of nitrogens with zero attached hydrogens (tertiary/aromatic N) is 2. The molecule has 1 heterocycles. The minimum atomic E-state index is -0.297. The normalized spacial score (nSPS) is 12.3. The van der Waals surface area contributed by atoms with Crippen LogP contribution in [0.15, 0.2) is 36.5 Å². The van der Waals surface area contributed by atoms with E-state index in [4.69, 9.17) is 0 Å². The predicted octanol–water partition coefficient (Wildman–Crippen LogP) is 2.93. The van der Waals surface area contributed by atoms with E-state index in [0.29, 0.717) is 6.54 Å². The van der Waals surface area contributed by atoms with Crippen LogP contribution in [0.1, 0.15) is 34.0 Å². The third kappa shape index (κ3) is 4.39. The monoisotopic (exact) mass is 311 g/mol. The minimum absolute atomic E-state index is 0.00109. The summed E-state index contributed by atoms with van der Waals surface area (Å²) >= 11 is 0. The third-order valence-corrected chi connectivity index (χ3v) is 3.97. The summed E-state index contributed by atoms with van der Waals surface area (Å²) in [5.41, 5.74) is 5.37. The lowest BCUT2D eigenvalue weighted by atomic mass is 10.0. The van der Waals surface area contributed by atoms with E-state index in [1.165, 1.54) is 5.56 Å². The number of carbonyl (C=O) groups is 1. The van der Waals surface area contributed by atoms with Crippen LogP contribution >= 0.6 is 0 Å². The smallest absolute Gasteiger partial charge is 0.242 e. The van der Waals surface area contributed by atoms with Crippen molar-refractivity contribution in [1.29, 1.82) is 0 Å². The first kappa shape index (κ1) is 17.2. The SMILES string of the molecule is Cc1ccc(C(C(=O)NCc2cnc(C)cc2C)N(C)C)cc1. The Bertz CT molecular complexity index is 678. The Morgan fingerprint density at radius 3 is 2.39 bits per heavy atom. The maximum absolute atomic E-state index is 12.6. The van der Waals surface area contributed by atoms with E-state index < -0.39 is 0 Å². The summed E-state index contributed by atoms with van der Waals surface area (Å²) in [6.07, 6.45) is 1.83. The highest BCUT2D eigenvalue weighted by Gasteiger charge is 2.22. The molecule has 1 aromatic heterocycles. The van der Waals surface area contributed by atoms with E-state index in [2.05, 4.69) is 10.3 Å². The van der Waals surface area contributed by atoms with Gasteiger partial charge in [-0.15, -0.1) is 0 Å². The number of likely N-dealkylation sites (N-methyl/N-ethyl adjacent to an activating group) is 1. The summed E-state index contributed by atoms with van der Waals surface area (Å²) in [7, 11) is 3.84. The summed E-state index contributed by atoms with van der Waals surface area (Å²) in [4.78, 5) is 18.9. The van der Waals surface area contributed by atoms with Crippen LogP contribution in [-0.4, -0.2) is 29.9 Å². The van der Waals surface area contributed by atoms with Crippen LogP contribution in [-0.2, 0) is 11.3 Å². The largest absolute Gasteiger partial charge is 0.350 e. The fourth-order valence-corrected chi connectivity index (χ4v) is 2.62. The van der Waals surface area contributed by atoms with Crippen molar-refractivity contribution in [3.8, 4) is 0 Å². The number of benzene rings is 1. The molecule has 122 valence electrons. The van der Waals surface area contributed by atoms with Gasteiger partial charge in [0.05, 0.1) is 0 Å². The van der Waals surface area contributed by atoms with Gasteiger partial charge in [-0.25, -0.2) is 0 Å². The molecule has 4 heteroatoms. The molecule has 0 aliphatic heterocycles. The second kappa shape index (κ2) is 7.38. The number of aryl methyl sites for hydroxylation is 3. The van der Waals surface area contributed by atoms with E-state index >= 15 is 0 Å². The van der Waals surface area contributed by atoms with Crippen molar-refractivity contribution in [2.75, 3.05) is 14.1 Å². The Balaban J connectivity index is 2.11. The Morgan fingerprint density at radius 1 is 1.17 bits per heavy atom. The lowest BCUT2D eigenvalue weighted by Crippen LogP contribution is -2.36. The van der Waals surface area contributed by atoms with Gasteiger partial charge < -0.3 is 5.32 Å². The molecule has 1 unspecified atom stereocenters. The van der Waals surface area contributed by atoms with Crippen LogP contribution in [0.2, 0.25) is 0 Å². The van der Waals surface area contributed by atoms with Crippen LogP contribution in [0.4, 0.5) is 0 Å². The summed E-state index contributed by atoms with van der Waals surface area (Å²) in [5.74, 6) is -0.00109. The van der Waals surface area contributed by atoms with Crippen LogP contribution in [0.5, 0.6) is 0 Å². The molecule has 0 saturated carbocycles. The third-order valence-electron chi connectivity index (χ3n) is 3.97. The summed E-state index contributed by atoms with van der Waals surface area (Å²) in [5, 5.41) is 3.03. The molecule has 0 spiro atoms. The van der Waals surface area contributed by atoms with Crippen LogP contribution < -0.4 is 5.32 Å². The van der Waals surface area contributed by atoms with Gasteiger partial charge in [0.1, 0.15) is 6.04 Å². The number of carbonyl (C=O) groups excluding carboxylic acids is 1. The zero-order valence-corrected chi connectivity index (χ0v) is 14.6. The maximum atomic E-state index is 12.6. The zero-order valence-electron chi connectivity index (χ0n) is 14.6. The van der Waals surface area contributed by atoms with Gasteiger partial charge in [-0.3, -0.25) is 14.7 Å². The number of pyridine rings is 1. The molecule has 4 nitrogen and oxygen atoms in total. The molecule has 23 heavy (non-hydrogen) atoms. The standard InChI is InChI=1S/C19H25N3O/c1-13-6-8-16(9-7-13)18(22(4)5)19(23)21-12-17-11-20-15(3)10-14(17)2/h6-11,18H,12H2,1-5H3,(H,21,23). The zero-order chi connectivity index (χ0) is 17.0.